The molecule has 0 spiro atoms. The van der Waals surface area contributed by atoms with Gasteiger partial charge in [0, 0.05) is 23.0 Å². The number of nitrogens with two attached hydrogens (primary N) is 1. The molecule has 1 unspecified atom stereocenters. The average Bonchev–Trinajstić information content (AvgIpc) is 2.72. The first kappa shape index (κ1) is 21.0. The maximum absolute atomic E-state index is 13.7. The van der Waals surface area contributed by atoms with E-state index in [0.717, 1.165) is 6.20 Å². The van der Waals surface area contributed by atoms with Gasteiger partial charge in [-0.1, -0.05) is 6.07 Å². The van der Waals surface area contributed by atoms with E-state index in [0.29, 0.717) is 22.6 Å². The number of carbonyl (C=O) groups excluding carboxylic acids is 1. The number of nitriles is 1. The summed E-state index contributed by atoms with van der Waals surface area (Å²) in [6.07, 6.45) is -1.75. The number of ether oxygens (including phenoxy) is 2. The highest BCUT2D eigenvalue weighted by atomic mass is 19.3. The van der Waals surface area contributed by atoms with Gasteiger partial charge in [-0.25, -0.2) is 13.8 Å². The Morgan fingerprint density at radius 2 is 2.17 bits per heavy atom. The smallest absolute Gasteiger partial charge is 0.267 e. The van der Waals surface area contributed by atoms with Crippen LogP contribution in [0.5, 0.6) is 11.6 Å². The molecular weight excluding hydrogens is 394 g/mol. The van der Waals surface area contributed by atoms with E-state index in [1.165, 1.54) is 13.2 Å². The number of alkyl halides is 2. The monoisotopic (exact) mass is 414 g/mol. The third-order valence-corrected chi connectivity index (χ3v) is 4.86. The summed E-state index contributed by atoms with van der Waals surface area (Å²) in [5, 5.41) is 12.1. The number of hydrogen-bond acceptors (Lipinski definition) is 6. The van der Waals surface area contributed by atoms with Gasteiger partial charge in [-0.2, -0.15) is 5.26 Å². The zero-order valence-corrected chi connectivity index (χ0v) is 16.6. The molecule has 0 saturated heterocycles. The van der Waals surface area contributed by atoms with Crippen molar-refractivity contribution in [3.63, 3.8) is 0 Å². The highest BCUT2D eigenvalue weighted by molar-refractivity contribution is 5.98. The van der Waals surface area contributed by atoms with Crippen LogP contribution in [0.2, 0.25) is 0 Å². The van der Waals surface area contributed by atoms with Crippen molar-refractivity contribution in [3.8, 4) is 17.7 Å². The van der Waals surface area contributed by atoms with E-state index in [1.807, 2.05) is 6.07 Å². The Morgan fingerprint density at radius 3 is 2.73 bits per heavy atom. The first-order valence-corrected chi connectivity index (χ1v) is 9.13. The second kappa shape index (κ2) is 8.37. The first-order valence-electron chi connectivity index (χ1n) is 9.13. The zero-order chi connectivity index (χ0) is 22.0. The topological polar surface area (TPSA) is 110 Å². The number of anilines is 1. The van der Waals surface area contributed by atoms with Crippen LogP contribution in [0.4, 0.5) is 14.5 Å². The van der Waals surface area contributed by atoms with Crippen LogP contribution in [0.3, 0.4) is 0 Å². The number of amides is 1. The second-order valence-corrected chi connectivity index (χ2v) is 6.57. The van der Waals surface area contributed by atoms with Crippen molar-refractivity contribution in [2.45, 2.75) is 26.2 Å². The number of fused-ring (bicyclic) bond motifs is 1. The molecule has 0 saturated carbocycles. The number of primary amides is 1. The quantitative estimate of drug-likeness (QED) is 0.747. The molecule has 30 heavy (non-hydrogen) atoms. The average molecular weight is 414 g/mol. The van der Waals surface area contributed by atoms with Crippen LogP contribution < -0.4 is 20.5 Å². The van der Waals surface area contributed by atoms with Gasteiger partial charge in [-0.05, 0) is 26.0 Å². The van der Waals surface area contributed by atoms with Crippen molar-refractivity contribution in [1.82, 2.24) is 4.98 Å². The largest absolute Gasteiger partial charge is 0.496 e. The summed E-state index contributed by atoms with van der Waals surface area (Å²) in [7, 11) is 1.42. The summed E-state index contributed by atoms with van der Waals surface area (Å²) in [6.45, 7) is 3.56. The van der Waals surface area contributed by atoms with Crippen LogP contribution in [0.25, 0.3) is 0 Å². The molecule has 7 nitrogen and oxygen atoms in total. The van der Waals surface area contributed by atoms with Gasteiger partial charge < -0.3 is 20.5 Å². The Morgan fingerprint density at radius 1 is 1.43 bits per heavy atom. The predicted octanol–water partition coefficient (Wildman–Crippen LogP) is 3.61. The number of hydrogen-bond donors (Lipinski definition) is 2. The third-order valence-electron chi connectivity index (χ3n) is 4.86. The van der Waals surface area contributed by atoms with E-state index in [1.54, 1.807) is 26.0 Å². The second-order valence-electron chi connectivity index (χ2n) is 6.57. The number of rotatable bonds is 6. The molecule has 1 atom stereocenters. The summed E-state index contributed by atoms with van der Waals surface area (Å²) in [4.78, 5) is 16.5. The number of allylic oxidation sites excluding steroid dienone is 1. The third kappa shape index (κ3) is 3.52. The van der Waals surface area contributed by atoms with Gasteiger partial charge in [0.25, 0.3) is 6.43 Å². The van der Waals surface area contributed by atoms with Gasteiger partial charge in [-0.3, -0.25) is 4.79 Å². The Bertz CT molecular complexity index is 1080. The van der Waals surface area contributed by atoms with Gasteiger partial charge in [0.15, 0.2) is 0 Å². The fraction of sp³-hybridized carbons (Fsp3) is 0.286. The Kier molecular flexibility index (Phi) is 5.87. The maximum Gasteiger partial charge on any atom is 0.267 e. The molecule has 1 aromatic carbocycles. The lowest BCUT2D eigenvalue weighted by molar-refractivity contribution is -0.114. The minimum atomic E-state index is -2.80. The minimum absolute atomic E-state index is 0.104. The molecule has 2 heterocycles. The van der Waals surface area contributed by atoms with Crippen LogP contribution in [0.15, 0.2) is 35.7 Å². The van der Waals surface area contributed by atoms with Crippen LogP contribution in [-0.2, 0) is 4.79 Å². The van der Waals surface area contributed by atoms with Crippen molar-refractivity contribution in [2.24, 2.45) is 5.73 Å². The van der Waals surface area contributed by atoms with E-state index < -0.39 is 18.3 Å². The number of methoxy groups -OCH3 is 1. The summed E-state index contributed by atoms with van der Waals surface area (Å²) < 4.78 is 38.5. The fourth-order valence-electron chi connectivity index (χ4n) is 3.62. The molecule has 1 amide bonds. The molecule has 3 rings (SSSR count). The van der Waals surface area contributed by atoms with Crippen molar-refractivity contribution in [3.05, 3.63) is 57.9 Å². The minimum Gasteiger partial charge on any atom is -0.496 e. The van der Waals surface area contributed by atoms with Crippen LogP contribution in [0, 0.1) is 11.3 Å². The molecule has 1 aliphatic heterocycles. The highest BCUT2D eigenvalue weighted by Crippen LogP contribution is 2.50. The predicted molar refractivity (Wildman–Crippen MR) is 105 cm³/mol. The molecule has 0 bridgehead atoms. The summed E-state index contributed by atoms with van der Waals surface area (Å²) in [6, 6.07) is 6.69. The molecule has 9 heteroatoms. The SMILES string of the molecule is CCOc1ncc(C(F)F)c2c1C(c1ccc(C#N)cc1OC)C(C(N)=O)=C(C)N2. The van der Waals surface area contributed by atoms with E-state index >= 15 is 0 Å². The standard InChI is InChI=1S/C21H20F2N4O3/c1-4-30-21-17-16(12-6-5-11(8-24)7-14(12)29-3)15(20(25)28)10(2)27-18(17)13(9-26-21)19(22)23/h5-7,9,16,19,27H,4H2,1-3H3,(H2,25,28). The maximum atomic E-state index is 13.7. The van der Waals surface area contributed by atoms with E-state index in [2.05, 4.69) is 10.3 Å². The molecule has 1 aromatic heterocycles. The van der Waals surface area contributed by atoms with E-state index in [9.17, 15) is 18.8 Å². The number of nitrogens with zero attached hydrogens (tertiary/aromatic N) is 2. The van der Waals surface area contributed by atoms with Gasteiger partial charge in [-0.15, -0.1) is 0 Å². The molecule has 3 N–H and O–H groups in total. The summed E-state index contributed by atoms with van der Waals surface area (Å²) in [5.74, 6) is -1.20. The van der Waals surface area contributed by atoms with E-state index in [-0.39, 0.29) is 34.9 Å². The van der Waals surface area contributed by atoms with Gasteiger partial charge in [0.05, 0.1) is 48.1 Å². The number of benzene rings is 1. The van der Waals surface area contributed by atoms with Crippen molar-refractivity contribution in [1.29, 1.82) is 5.26 Å². The molecule has 1 aliphatic rings. The lowest BCUT2D eigenvalue weighted by atomic mass is 9.79. The number of carbonyl (C=O) groups is 1. The normalized spacial score (nSPS) is 15.3. The Labute approximate surface area is 172 Å². The van der Waals surface area contributed by atoms with Crippen molar-refractivity contribution < 1.29 is 23.0 Å². The van der Waals surface area contributed by atoms with Gasteiger partial charge in [0.1, 0.15) is 5.75 Å². The van der Waals surface area contributed by atoms with E-state index in [4.69, 9.17) is 15.2 Å². The van der Waals surface area contributed by atoms with Gasteiger partial charge in [0.2, 0.25) is 11.8 Å². The molecule has 2 aromatic rings. The summed E-state index contributed by atoms with van der Waals surface area (Å²) in [5.41, 5.74) is 7.04. The molecule has 0 fully saturated rings. The number of halogens is 2. The first-order chi connectivity index (χ1) is 14.3. The number of aromatic nitrogens is 1. The van der Waals surface area contributed by atoms with Crippen LogP contribution in [0.1, 0.15) is 48.4 Å². The lowest BCUT2D eigenvalue weighted by Gasteiger charge is -2.32. The lowest BCUT2D eigenvalue weighted by Crippen LogP contribution is -2.29. The van der Waals surface area contributed by atoms with Crippen LogP contribution in [-0.4, -0.2) is 24.6 Å². The Hall–Kier alpha value is -3.67. The van der Waals surface area contributed by atoms with Gasteiger partial charge >= 0.3 is 0 Å². The number of pyridine rings is 1. The molecular formula is C21H20F2N4O3. The molecule has 0 radical (unpaired) electrons. The van der Waals surface area contributed by atoms with Crippen molar-refractivity contribution >= 4 is 11.6 Å². The number of nitrogens with one attached hydrogen (secondary N) is 1. The van der Waals surface area contributed by atoms with Crippen LogP contribution >= 0.6 is 0 Å². The highest BCUT2D eigenvalue weighted by Gasteiger charge is 2.38. The Balaban J connectivity index is 2.40. The summed E-state index contributed by atoms with van der Waals surface area (Å²) >= 11 is 0. The zero-order valence-electron chi connectivity index (χ0n) is 16.6. The van der Waals surface area contributed by atoms with Crippen molar-refractivity contribution in [2.75, 3.05) is 19.0 Å². The molecule has 156 valence electrons. The fourth-order valence-corrected chi connectivity index (χ4v) is 3.62. The molecule has 0 aliphatic carbocycles.